The van der Waals surface area contributed by atoms with Crippen molar-refractivity contribution in [3.05, 3.63) is 30.2 Å². The zero-order valence-corrected chi connectivity index (χ0v) is 9.37. The Morgan fingerprint density at radius 3 is 3.12 bits per heavy atom. The number of likely N-dealkylation sites (tertiary alicyclic amines) is 1. The van der Waals surface area contributed by atoms with Crippen LogP contribution in [-0.4, -0.2) is 34.4 Å². The van der Waals surface area contributed by atoms with Gasteiger partial charge in [-0.25, -0.2) is 0 Å². The van der Waals surface area contributed by atoms with Gasteiger partial charge in [-0.15, -0.1) is 0 Å². The molecular formula is C12H14N2O3. The zero-order valence-electron chi connectivity index (χ0n) is 9.37. The van der Waals surface area contributed by atoms with E-state index in [2.05, 4.69) is 10.1 Å². The lowest BCUT2D eigenvalue weighted by Gasteiger charge is -2.11. The van der Waals surface area contributed by atoms with Gasteiger partial charge in [0.1, 0.15) is 0 Å². The molecule has 5 heteroatoms. The molecule has 17 heavy (non-hydrogen) atoms. The summed E-state index contributed by atoms with van der Waals surface area (Å²) in [5, 5.41) is 13.4. The van der Waals surface area contributed by atoms with Gasteiger partial charge in [-0.3, -0.25) is 4.90 Å². The molecule has 0 spiro atoms. The van der Waals surface area contributed by atoms with E-state index in [4.69, 9.17) is 8.94 Å². The maximum absolute atomic E-state index is 9.43. The highest BCUT2D eigenvalue weighted by Gasteiger charge is 2.21. The van der Waals surface area contributed by atoms with Crippen LogP contribution in [0.5, 0.6) is 0 Å². The molecule has 1 unspecified atom stereocenters. The van der Waals surface area contributed by atoms with E-state index in [-0.39, 0.29) is 6.10 Å². The first-order valence-electron chi connectivity index (χ1n) is 5.71. The molecule has 1 atom stereocenters. The maximum atomic E-state index is 9.43. The standard InChI is InChI=1S/C12H14N2O3/c15-10-3-4-14(8-10)7-9-6-12(17-13-9)11-2-1-5-16-11/h1-2,5-6,10,15H,3-4,7-8H2. The molecule has 5 nitrogen and oxygen atoms in total. The quantitative estimate of drug-likeness (QED) is 0.872. The molecule has 2 aromatic heterocycles. The molecule has 1 N–H and O–H groups in total. The van der Waals surface area contributed by atoms with Crippen LogP contribution >= 0.6 is 0 Å². The number of nitrogens with zero attached hydrogens (tertiary/aromatic N) is 2. The Morgan fingerprint density at radius 1 is 1.47 bits per heavy atom. The Kier molecular flexibility index (Phi) is 2.70. The zero-order chi connectivity index (χ0) is 11.7. The second-order valence-electron chi connectivity index (χ2n) is 4.34. The minimum absolute atomic E-state index is 0.202. The highest BCUT2D eigenvalue weighted by Crippen LogP contribution is 2.21. The van der Waals surface area contributed by atoms with Crippen LogP contribution in [0.25, 0.3) is 11.5 Å². The van der Waals surface area contributed by atoms with Crippen molar-refractivity contribution in [2.45, 2.75) is 19.1 Å². The number of aliphatic hydroxyl groups excluding tert-OH is 1. The van der Waals surface area contributed by atoms with E-state index < -0.39 is 0 Å². The van der Waals surface area contributed by atoms with Crippen molar-refractivity contribution in [1.29, 1.82) is 0 Å². The van der Waals surface area contributed by atoms with E-state index >= 15 is 0 Å². The number of β-amino-alcohol motifs (C(OH)–C–C–N with tert-alkyl or cyclic N) is 1. The lowest BCUT2D eigenvalue weighted by Crippen LogP contribution is -2.21. The summed E-state index contributed by atoms with van der Waals surface area (Å²) in [4.78, 5) is 2.16. The van der Waals surface area contributed by atoms with Crippen LogP contribution in [0.4, 0.5) is 0 Å². The van der Waals surface area contributed by atoms with Gasteiger partial charge in [0, 0.05) is 25.7 Å². The minimum atomic E-state index is -0.202. The summed E-state index contributed by atoms with van der Waals surface area (Å²) < 4.78 is 10.4. The van der Waals surface area contributed by atoms with E-state index in [1.54, 1.807) is 6.26 Å². The van der Waals surface area contributed by atoms with Gasteiger partial charge >= 0.3 is 0 Å². The number of hydrogen-bond donors (Lipinski definition) is 1. The van der Waals surface area contributed by atoms with Crippen LogP contribution in [0.1, 0.15) is 12.1 Å². The molecule has 0 radical (unpaired) electrons. The molecule has 0 bridgehead atoms. The van der Waals surface area contributed by atoms with Gasteiger partial charge in [0.25, 0.3) is 0 Å². The maximum Gasteiger partial charge on any atom is 0.202 e. The second-order valence-corrected chi connectivity index (χ2v) is 4.34. The molecule has 0 saturated carbocycles. The molecule has 1 aliphatic rings. The average Bonchev–Trinajstić information content (AvgIpc) is 3.00. The first kappa shape index (κ1) is 10.6. The van der Waals surface area contributed by atoms with Crippen molar-refractivity contribution in [2.75, 3.05) is 13.1 Å². The summed E-state index contributed by atoms with van der Waals surface area (Å²) in [6, 6.07) is 5.53. The van der Waals surface area contributed by atoms with E-state index in [0.29, 0.717) is 24.6 Å². The highest BCUT2D eigenvalue weighted by molar-refractivity contribution is 5.49. The fourth-order valence-electron chi connectivity index (χ4n) is 2.11. The lowest BCUT2D eigenvalue weighted by molar-refractivity contribution is 0.174. The molecule has 0 amide bonds. The first-order chi connectivity index (χ1) is 8.31. The van der Waals surface area contributed by atoms with Gasteiger partial charge in [-0.2, -0.15) is 0 Å². The third kappa shape index (κ3) is 2.25. The van der Waals surface area contributed by atoms with Crippen LogP contribution in [0.3, 0.4) is 0 Å². The van der Waals surface area contributed by atoms with Gasteiger partial charge in [0.15, 0.2) is 5.76 Å². The van der Waals surface area contributed by atoms with Crippen LogP contribution in [0.15, 0.2) is 33.4 Å². The summed E-state index contributed by atoms with van der Waals surface area (Å²) in [6.07, 6.45) is 2.24. The molecule has 2 aromatic rings. The molecule has 3 rings (SSSR count). The summed E-state index contributed by atoms with van der Waals surface area (Å²) in [6.45, 7) is 2.33. The van der Waals surface area contributed by atoms with Crippen molar-refractivity contribution in [3.8, 4) is 11.5 Å². The largest absolute Gasteiger partial charge is 0.461 e. The Bertz CT molecular complexity index is 478. The van der Waals surface area contributed by atoms with Crippen molar-refractivity contribution in [2.24, 2.45) is 0 Å². The van der Waals surface area contributed by atoms with E-state index in [0.717, 1.165) is 18.7 Å². The van der Waals surface area contributed by atoms with Gasteiger partial charge in [-0.05, 0) is 18.6 Å². The topological polar surface area (TPSA) is 62.6 Å². The lowest BCUT2D eigenvalue weighted by atomic mass is 10.3. The monoisotopic (exact) mass is 234 g/mol. The van der Waals surface area contributed by atoms with Crippen LogP contribution in [-0.2, 0) is 6.54 Å². The SMILES string of the molecule is OC1CCN(Cc2cc(-c3ccco3)on2)C1. The van der Waals surface area contributed by atoms with Crippen molar-refractivity contribution >= 4 is 0 Å². The number of rotatable bonds is 3. The smallest absolute Gasteiger partial charge is 0.202 e. The summed E-state index contributed by atoms with van der Waals surface area (Å²) in [5.41, 5.74) is 0.866. The van der Waals surface area contributed by atoms with Gasteiger partial charge in [0.2, 0.25) is 5.76 Å². The number of hydrogen-bond acceptors (Lipinski definition) is 5. The Hall–Kier alpha value is -1.59. The summed E-state index contributed by atoms with van der Waals surface area (Å²) in [7, 11) is 0. The highest BCUT2D eigenvalue weighted by atomic mass is 16.5. The molecule has 0 aromatic carbocycles. The van der Waals surface area contributed by atoms with Crippen molar-refractivity contribution in [1.82, 2.24) is 10.1 Å². The Morgan fingerprint density at radius 2 is 2.41 bits per heavy atom. The number of aromatic nitrogens is 1. The first-order valence-corrected chi connectivity index (χ1v) is 5.71. The Balaban J connectivity index is 1.69. The molecule has 3 heterocycles. The second kappa shape index (κ2) is 4.35. The van der Waals surface area contributed by atoms with Crippen LogP contribution in [0, 0.1) is 0 Å². The number of aliphatic hydroxyl groups is 1. The molecule has 1 fully saturated rings. The van der Waals surface area contributed by atoms with Crippen LogP contribution in [0.2, 0.25) is 0 Å². The fraction of sp³-hybridized carbons (Fsp3) is 0.417. The van der Waals surface area contributed by atoms with E-state index in [1.807, 2.05) is 18.2 Å². The molecule has 0 aliphatic carbocycles. The predicted molar refractivity (Wildman–Crippen MR) is 60.1 cm³/mol. The molecule has 1 saturated heterocycles. The van der Waals surface area contributed by atoms with Crippen molar-refractivity contribution < 1.29 is 14.0 Å². The summed E-state index contributed by atoms with van der Waals surface area (Å²) >= 11 is 0. The Labute approximate surface area is 98.6 Å². The third-order valence-electron chi connectivity index (χ3n) is 2.96. The molecule has 90 valence electrons. The average molecular weight is 234 g/mol. The van der Waals surface area contributed by atoms with Gasteiger partial charge < -0.3 is 14.0 Å². The fourth-order valence-corrected chi connectivity index (χ4v) is 2.11. The summed E-state index contributed by atoms with van der Waals surface area (Å²) in [5.74, 6) is 1.33. The normalized spacial score (nSPS) is 21.1. The third-order valence-corrected chi connectivity index (χ3v) is 2.96. The number of furan rings is 1. The van der Waals surface area contributed by atoms with E-state index in [1.165, 1.54) is 0 Å². The van der Waals surface area contributed by atoms with Crippen LogP contribution < -0.4 is 0 Å². The predicted octanol–water partition coefficient (Wildman–Crippen LogP) is 1.50. The minimum Gasteiger partial charge on any atom is -0.461 e. The van der Waals surface area contributed by atoms with E-state index in [9.17, 15) is 5.11 Å². The van der Waals surface area contributed by atoms with Crippen molar-refractivity contribution in [3.63, 3.8) is 0 Å². The van der Waals surface area contributed by atoms with Gasteiger partial charge in [-0.1, -0.05) is 5.16 Å². The molecule has 1 aliphatic heterocycles. The van der Waals surface area contributed by atoms with Gasteiger partial charge in [0.05, 0.1) is 18.1 Å². The molecular weight excluding hydrogens is 220 g/mol.